The average Bonchev–Trinajstić information content (AvgIpc) is 2.85. The van der Waals surface area contributed by atoms with Gasteiger partial charge in [-0.2, -0.15) is 5.26 Å². The van der Waals surface area contributed by atoms with Crippen molar-refractivity contribution in [3.63, 3.8) is 0 Å². The summed E-state index contributed by atoms with van der Waals surface area (Å²) in [6.07, 6.45) is 5.31. The number of hydrogen-bond donors (Lipinski definition) is 0. The summed E-state index contributed by atoms with van der Waals surface area (Å²) in [5.41, 5.74) is -0.143. The largest absolute Gasteiger partial charge is 0.494 e. The molecule has 1 aromatic carbocycles. The molecule has 1 aromatic rings. The van der Waals surface area contributed by atoms with E-state index in [0.29, 0.717) is 6.61 Å². The van der Waals surface area contributed by atoms with Crippen LogP contribution in [-0.4, -0.2) is 6.61 Å². The molecule has 0 bridgehead atoms. The predicted molar refractivity (Wildman–Crippen MR) is 79.9 cm³/mol. The summed E-state index contributed by atoms with van der Waals surface area (Å²) in [5, 5.41) is 9.45. The highest BCUT2D eigenvalue weighted by Gasteiger charge is 2.38. The molecule has 0 aliphatic heterocycles. The first-order valence-corrected chi connectivity index (χ1v) is 7.76. The maximum absolute atomic E-state index is 9.45. The number of ether oxygens (including phenoxy) is 1. The van der Waals surface area contributed by atoms with Gasteiger partial charge >= 0.3 is 0 Å². The first-order chi connectivity index (χ1) is 9.17. The highest BCUT2D eigenvalue weighted by Crippen LogP contribution is 2.45. The van der Waals surface area contributed by atoms with Crippen LogP contribution in [0.1, 0.15) is 39.0 Å². The second-order valence-electron chi connectivity index (χ2n) is 5.46. The van der Waals surface area contributed by atoms with E-state index >= 15 is 0 Å². The fourth-order valence-corrected chi connectivity index (χ4v) is 3.13. The average molecular weight is 322 g/mol. The van der Waals surface area contributed by atoms with Crippen molar-refractivity contribution in [3.8, 4) is 11.8 Å². The van der Waals surface area contributed by atoms with E-state index in [4.69, 9.17) is 4.74 Å². The molecular weight excluding hydrogens is 302 g/mol. The summed E-state index contributed by atoms with van der Waals surface area (Å²) in [5.74, 6) is 1.61. The zero-order valence-electron chi connectivity index (χ0n) is 11.4. The lowest BCUT2D eigenvalue weighted by atomic mass is 9.83. The van der Waals surface area contributed by atoms with Crippen LogP contribution in [0, 0.1) is 22.7 Å². The van der Waals surface area contributed by atoms with Crippen molar-refractivity contribution in [1.29, 1.82) is 5.26 Å². The van der Waals surface area contributed by atoms with Crippen molar-refractivity contribution in [2.24, 2.45) is 11.3 Å². The summed E-state index contributed by atoms with van der Waals surface area (Å²) >= 11 is 3.40. The lowest BCUT2D eigenvalue weighted by Crippen LogP contribution is -2.18. The van der Waals surface area contributed by atoms with Crippen LogP contribution in [0.15, 0.2) is 28.7 Å². The number of benzene rings is 1. The Morgan fingerprint density at radius 3 is 2.74 bits per heavy atom. The lowest BCUT2D eigenvalue weighted by molar-refractivity contribution is 0.240. The minimum Gasteiger partial charge on any atom is -0.494 e. The minimum absolute atomic E-state index is 0.143. The minimum atomic E-state index is -0.143. The SMILES string of the molecule is CCC1CCC(C#N)(CCOc2ccc(Br)cc2)C1. The molecule has 2 nitrogen and oxygen atoms in total. The van der Waals surface area contributed by atoms with E-state index in [1.54, 1.807) is 0 Å². The van der Waals surface area contributed by atoms with Crippen molar-refractivity contribution in [3.05, 3.63) is 28.7 Å². The van der Waals surface area contributed by atoms with Crippen LogP contribution in [0.4, 0.5) is 0 Å². The summed E-state index contributed by atoms with van der Waals surface area (Å²) in [4.78, 5) is 0. The van der Waals surface area contributed by atoms with Crippen molar-refractivity contribution in [2.75, 3.05) is 6.61 Å². The molecule has 0 saturated heterocycles. The molecule has 19 heavy (non-hydrogen) atoms. The molecule has 2 rings (SSSR count). The molecule has 102 valence electrons. The maximum atomic E-state index is 9.45. The van der Waals surface area contributed by atoms with Crippen LogP contribution >= 0.6 is 15.9 Å². The fourth-order valence-electron chi connectivity index (χ4n) is 2.87. The summed E-state index contributed by atoms with van der Waals surface area (Å²) < 4.78 is 6.80. The summed E-state index contributed by atoms with van der Waals surface area (Å²) in [6.45, 7) is 2.85. The number of halogens is 1. The van der Waals surface area contributed by atoms with Crippen molar-refractivity contribution in [2.45, 2.75) is 39.0 Å². The standard InChI is InChI=1S/C16H20BrNO/c1-2-13-7-8-16(11-13,12-18)9-10-19-15-5-3-14(17)4-6-15/h3-6,13H,2,7-11H2,1H3. The van der Waals surface area contributed by atoms with Gasteiger partial charge in [-0.15, -0.1) is 0 Å². The van der Waals surface area contributed by atoms with Gasteiger partial charge in [0.2, 0.25) is 0 Å². The van der Waals surface area contributed by atoms with Crippen LogP contribution in [0.2, 0.25) is 0 Å². The monoisotopic (exact) mass is 321 g/mol. The Morgan fingerprint density at radius 1 is 1.42 bits per heavy atom. The van der Waals surface area contributed by atoms with Gasteiger partial charge in [-0.25, -0.2) is 0 Å². The van der Waals surface area contributed by atoms with Gasteiger partial charge in [0.15, 0.2) is 0 Å². The molecule has 1 fully saturated rings. The van der Waals surface area contributed by atoms with E-state index in [-0.39, 0.29) is 5.41 Å². The van der Waals surface area contributed by atoms with Crippen molar-refractivity contribution >= 4 is 15.9 Å². The zero-order chi connectivity index (χ0) is 13.7. The molecule has 0 amide bonds. The molecular formula is C16H20BrNO. The highest BCUT2D eigenvalue weighted by atomic mass is 79.9. The molecule has 0 spiro atoms. The van der Waals surface area contributed by atoms with Gasteiger partial charge in [-0.3, -0.25) is 0 Å². The van der Waals surface area contributed by atoms with E-state index < -0.39 is 0 Å². The van der Waals surface area contributed by atoms with Crippen LogP contribution in [0.5, 0.6) is 5.75 Å². The van der Waals surface area contributed by atoms with Gasteiger partial charge in [0.05, 0.1) is 18.1 Å². The zero-order valence-corrected chi connectivity index (χ0v) is 12.9. The molecule has 0 N–H and O–H groups in total. The Kier molecular flexibility index (Phi) is 4.87. The predicted octanol–water partition coefficient (Wildman–Crippen LogP) is 4.94. The number of rotatable bonds is 5. The van der Waals surface area contributed by atoms with E-state index in [2.05, 4.69) is 28.9 Å². The van der Waals surface area contributed by atoms with Gasteiger partial charge in [0.25, 0.3) is 0 Å². The Balaban J connectivity index is 1.84. The second-order valence-corrected chi connectivity index (χ2v) is 6.38. The van der Waals surface area contributed by atoms with Gasteiger partial charge < -0.3 is 4.74 Å². The Bertz CT molecular complexity index is 451. The van der Waals surface area contributed by atoms with E-state index in [0.717, 1.165) is 35.4 Å². The molecule has 1 saturated carbocycles. The van der Waals surface area contributed by atoms with Crippen LogP contribution in [-0.2, 0) is 0 Å². The fraction of sp³-hybridized carbons (Fsp3) is 0.562. The molecule has 3 heteroatoms. The highest BCUT2D eigenvalue weighted by molar-refractivity contribution is 9.10. The first kappa shape index (κ1) is 14.4. The summed E-state index contributed by atoms with van der Waals surface area (Å²) in [7, 11) is 0. The number of nitrogens with zero attached hydrogens (tertiary/aromatic N) is 1. The molecule has 0 aromatic heterocycles. The van der Waals surface area contributed by atoms with E-state index in [1.165, 1.54) is 12.8 Å². The van der Waals surface area contributed by atoms with Crippen LogP contribution in [0.3, 0.4) is 0 Å². The Hall–Kier alpha value is -1.01. The third kappa shape index (κ3) is 3.73. The third-order valence-corrected chi connectivity index (χ3v) is 4.72. The van der Waals surface area contributed by atoms with Gasteiger partial charge in [0, 0.05) is 10.9 Å². The van der Waals surface area contributed by atoms with Gasteiger partial charge in [-0.1, -0.05) is 29.3 Å². The molecule has 1 aliphatic carbocycles. The van der Waals surface area contributed by atoms with Crippen molar-refractivity contribution < 1.29 is 4.74 Å². The molecule has 2 atom stereocenters. The lowest BCUT2D eigenvalue weighted by Gasteiger charge is -2.20. The number of hydrogen-bond acceptors (Lipinski definition) is 2. The molecule has 0 radical (unpaired) electrons. The van der Waals surface area contributed by atoms with E-state index in [1.807, 2.05) is 24.3 Å². The molecule has 0 heterocycles. The number of nitriles is 1. The first-order valence-electron chi connectivity index (χ1n) is 6.97. The van der Waals surface area contributed by atoms with Gasteiger partial charge in [-0.05, 0) is 49.4 Å². The second kappa shape index (κ2) is 6.43. The van der Waals surface area contributed by atoms with E-state index in [9.17, 15) is 5.26 Å². The topological polar surface area (TPSA) is 33.0 Å². The van der Waals surface area contributed by atoms with Crippen molar-refractivity contribution in [1.82, 2.24) is 0 Å². The maximum Gasteiger partial charge on any atom is 0.119 e. The molecule has 1 aliphatic rings. The Morgan fingerprint density at radius 2 is 2.16 bits per heavy atom. The Labute approximate surface area is 123 Å². The normalized spacial score (nSPS) is 26.1. The summed E-state index contributed by atoms with van der Waals surface area (Å²) in [6, 6.07) is 10.4. The third-order valence-electron chi connectivity index (χ3n) is 4.19. The molecule has 2 unspecified atom stereocenters. The quantitative estimate of drug-likeness (QED) is 0.769. The smallest absolute Gasteiger partial charge is 0.119 e. The van der Waals surface area contributed by atoms with Crippen LogP contribution < -0.4 is 4.74 Å². The van der Waals surface area contributed by atoms with Gasteiger partial charge in [0.1, 0.15) is 5.75 Å². The van der Waals surface area contributed by atoms with Crippen LogP contribution in [0.25, 0.3) is 0 Å².